The van der Waals surface area contributed by atoms with Crippen LogP contribution in [0.3, 0.4) is 0 Å². The van der Waals surface area contributed by atoms with Crippen LogP contribution in [0.25, 0.3) is 0 Å². The Morgan fingerprint density at radius 2 is 2.27 bits per heavy atom. The maximum Gasteiger partial charge on any atom is 0.0593 e. The minimum Gasteiger partial charge on any atom is -0.314 e. The summed E-state index contributed by atoms with van der Waals surface area (Å²) in [5, 5.41) is 8.04. The molecule has 2 rings (SSSR count). The minimum absolute atomic E-state index is 0.477. The molecule has 0 amide bonds. The molecule has 84 valence electrons. The quantitative estimate of drug-likeness (QED) is 0.801. The molecule has 0 radical (unpaired) electrons. The van der Waals surface area contributed by atoms with Crippen molar-refractivity contribution < 1.29 is 0 Å². The zero-order chi connectivity index (χ0) is 10.8. The van der Waals surface area contributed by atoms with Crippen LogP contribution in [0.4, 0.5) is 0 Å². The molecule has 1 fully saturated rings. The fourth-order valence-corrected chi connectivity index (χ4v) is 1.73. The number of nitrogens with one attached hydrogen (secondary N) is 1. The highest BCUT2D eigenvalue weighted by Gasteiger charge is 2.22. The molecule has 0 aromatic carbocycles. The molecular formula is C12H21N3. The van der Waals surface area contributed by atoms with E-state index in [2.05, 4.69) is 41.2 Å². The van der Waals surface area contributed by atoms with Gasteiger partial charge in [0.05, 0.1) is 11.7 Å². The van der Waals surface area contributed by atoms with Crippen molar-refractivity contribution in [2.75, 3.05) is 6.54 Å². The van der Waals surface area contributed by atoms with E-state index in [9.17, 15) is 0 Å². The summed E-state index contributed by atoms with van der Waals surface area (Å²) in [6, 6.07) is 3.35. The molecule has 1 aromatic rings. The van der Waals surface area contributed by atoms with E-state index < -0.39 is 0 Å². The van der Waals surface area contributed by atoms with Gasteiger partial charge in [0.1, 0.15) is 0 Å². The first-order chi connectivity index (χ1) is 7.16. The normalized spacial score (nSPS) is 20.2. The molecule has 2 atom stereocenters. The first kappa shape index (κ1) is 10.7. The van der Waals surface area contributed by atoms with E-state index in [1.165, 1.54) is 12.8 Å². The van der Waals surface area contributed by atoms with Gasteiger partial charge in [-0.25, -0.2) is 0 Å². The second-order valence-electron chi connectivity index (χ2n) is 4.84. The fourth-order valence-electron chi connectivity index (χ4n) is 1.73. The third-order valence-electron chi connectivity index (χ3n) is 3.29. The number of nitrogens with zero attached hydrogens (tertiary/aromatic N) is 2. The summed E-state index contributed by atoms with van der Waals surface area (Å²) in [6.07, 6.45) is 4.80. The highest BCUT2D eigenvalue weighted by molar-refractivity contribution is 4.96. The van der Waals surface area contributed by atoms with Gasteiger partial charge in [0, 0.05) is 12.2 Å². The average Bonchev–Trinajstić information content (AvgIpc) is 2.95. The molecule has 1 heterocycles. The lowest BCUT2D eigenvalue weighted by Gasteiger charge is -2.20. The first-order valence-corrected chi connectivity index (χ1v) is 5.92. The maximum absolute atomic E-state index is 4.46. The molecule has 0 bridgehead atoms. The smallest absolute Gasteiger partial charge is 0.0593 e. The van der Waals surface area contributed by atoms with E-state index in [1.807, 2.05) is 6.92 Å². The highest BCUT2D eigenvalue weighted by atomic mass is 15.3. The van der Waals surface area contributed by atoms with Crippen molar-refractivity contribution in [1.29, 1.82) is 0 Å². The summed E-state index contributed by atoms with van der Waals surface area (Å²) < 4.78 is 2.08. The van der Waals surface area contributed by atoms with E-state index >= 15 is 0 Å². The third kappa shape index (κ3) is 2.81. The summed E-state index contributed by atoms with van der Waals surface area (Å²) >= 11 is 0. The molecule has 1 aliphatic carbocycles. The number of aryl methyl sites for hydroxylation is 1. The van der Waals surface area contributed by atoms with Gasteiger partial charge in [-0.15, -0.1) is 0 Å². The van der Waals surface area contributed by atoms with Crippen LogP contribution in [0.15, 0.2) is 12.3 Å². The molecule has 15 heavy (non-hydrogen) atoms. The molecule has 1 aromatic heterocycles. The Hall–Kier alpha value is -0.830. The van der Waals surface area contributed by atoms with E-state index in [1.54, 1.807) is 0 Å². The third-order valence-corrected chi connectivity index (χ3v) is 3.29. The Morgan fingerprint density at radius 3 is 2.80 bits per heavy atom. The number of hydrogen-bond acceptors (Lipinski definition) is 2. The van der Waals surface area contributed by atoms with Crippen molar-refractivity contribution in [3.05, 3.63) is 18.0 Å². The largest absolute Gasteiger partial charge is 0.314 e. The van der Waals surface area contributed by atoms with Gasteiger partial charge in [0.15, 0.2) is 0 Å². The van der Waals surface area contributed by atoms with Crippen molar-refractivity contribution >= 4 is 0 Å². The number of hydrogen-bond donors (Lipinski definition) is 1. The molecule has 0 saturated heterocycles. The summed E-state index contributed by atoms with van der Waals surface area (Å²) in [5.74, 6) is 0.630. The van der Waals surface area contributed by atoms with Crippen LogP contribution in [0, 0.1) is 12.8 Å². The molecule has 1 N–H and O–H groups in total. The van der Waals surface area contributed by atoms with Crippen LogP contribution in [-0.4, -0.2) is 22.4 Å². The van der Waals surface area contributed by atoms with Crippen molar-refractivity contribution in [1.82, 2.24) is 15.1 Å². The molecule has 3 heteroatoms. The summed E-state index contributed by atoms with van der Waals surface area (Å²) in [6.45, 7) is 7.67. The van der Waals surface area contributed by atoms with Gasteiger partial charge >= 0.3 is 0 Å². The summed E-state index contributed by atoms with van der Waals surface area (Å²) in [7, 11) is 0. The van der Waals surface area contributed by atoms with Crippen molar-refractivity contribution in [3.63, 3.8) is 0 Å². The molecule has 1 saturated carbocycles. The SMILES string of the molecule is Cc1ccn(C(C)C(C)CNC2CC2)n1. The van der Waals surface area contributed by atoms with Gasteiger partial charge in [0.25, 0.3) is 0 Å². The Balaban J connectivity index is 1.85. The van der Waals surface area contributed by atoms with Crippen molar-refractivity contribution in [2.24, 2.45) is 5.92 Å². The van der Waals surface area contributed by atoms with E-state index in [4.69, 9.17) is 0 Å². The average molecular weight is 207 g/mol. The Kier molecular flexibility index (Phi) is 3.10. The molecule has 0 spiro atoms. The van der Waals surface area contributed by atoms with Gasteiger partial charge in [-0.2, -0.15) is 5.10 Å². The van der Waals surface area contributed by atoms with Crippen LogP contribution in [-0.2, 0) is 0 Å². The zero-order valence-corrected chi connectivity index (χ0v) is 9.90. The standard InChI is InChI=1S/C12H21N3/c1-9(8-13-12-4-5-12)11(3)15-7-6-10(2)14-15/h6-7,9,11-13H,4-5,8H2,1-3H3. The monoisotopic (exact) mass is 207 g/mol. The van der Waals surface area contributed by atoms with Gasteiger partial charge in [-0.05, 0) is 45.2 Å². The van der Waals surface area contributed by atoms with Crippen LogP contribution in [0.5, 0.6) is 0 Å². The topological polar surface area (TPSA) is 29.9 Å². The van der Waals surface area contributed by atoms with E-state index in [0.717, 1.165) is 18.3 Å². The first-order valence-electron chi connectivity index (χ1n) is 5.92. The lowest BCUT2D eigenvalue weighted by atomic mass is 10.0. The van der Waals surface area contributed by atoms with Crippen LogP contribution < -0.4 is 5.32 Å². The van der Waals surface area contributed by atoms with Gasteiger partial charge in [0.2, 0.25) is 0 Å². The van der Waals surface area contributed by atoms with Crippen molar-refractivity contribution in [2.45, 2.75) is 45.7 Å². The van der Waals surface area contributed by atoms with Gasteiger partial charge < -0.3 is 5.32 Å². The number of aromatic nitrogens is 2. The highest BCUT2D eigenvalue weighted by Crippen LogP contribution is 2.21. The Bertz CT molecular complexity index is 314. The Morgan fingerprint density at radius 1 is 1.53 bits per heavy atom. The van der Waals surface area contributed by atoms with Crippen molar-refractivity contribution in [3.8, 4) is 0 Å². The van der Waals surface area contributed by atoms with Crippen LogP contribution in [0.1, 0.15) is 38.4 Å². The lowest BCUT2D eigenvalue weighted by molar-refractivity contribution is 0.335. The predicted molar refractivity (Wildman–Crippen MR) is 61.9 cm³/mol. The van der Waals surface area contributed by atoms with Crippen LogP contribution >= 0.6 is 0 Å². The lowest BCUT2D eigenvalue weighted by Crippen LogP contribution is -2.28. The second-order valence-corrected chi connectivity index (χ2v) is 4.84. The molecular weight excluding hydrogens is 186 g/mol. The Labute approximate surface area is 91.9 Å². The number of rotatable bonds is 5. The maximum atomic E-state index is 4.46. The second kappa shape index (κ2) is 4.35. The molecule has 2 unspecified atom stereocenters. The van der Waals surface area contributed by atoms with E-state index in [0.29, 0.717) is 12.0 Å². The van der Waals surface area contributed by atoms with Gasteiger partial charge in [-0.1, -0.05) is 6.92 Å². The van der Waals surface area contributed by atoms with E-state index in [-0.39, 0.29) is 0 Å². The van der Waals surface area contributed by atoms with Crippen LogP contribution in [0.2, 0.25) is 0 Å². The molecule has 1 aliphatic rings. The molecule has 0 aliphatic heterocycles. The zero-order valence-electron chi connectivity index (χ0n) is 9.90. The summed E-state index contributed by atoms with van der Waals surface area (Å²) in [4.78, 5) is 0. The van der Waals surface area contributed by atoms with Gasteiger partial charge in [-0.3, -0.25) is 4.68 Å². The molecule has 3 nitrogen and oxygen atoms in total. The predicted octanol–water partition coefficient (Wildman–Crippen LogP) is 2.14. The summed E-state index contributed by atoms with van der Waals surface area (Å²) in [5.41, 5.74) is 1.10. The minimum atomic E-state index is 0.477. The fraction of sp³-hybridized carbons (Fsp3) is 0.750.